The number of aryl methyl sites for hydroxylation is 2. The van der Waals surface area contributed by atoms with Crippen molar-refractivity contribution in [2.24, 2.45) is 0 Å². The third-order valence-corrected chi connectivity index (χ3v) is 4.55. The number of fused-ring (bicyclic) bond motifs is 1. The SMILES string of the molecule is Cc1cc(C)cc(OCCNC(=O)N[C@H](Cc2c[nH]c3ccccc23)C(=O)O)c1. The second-order valence-electron chi connectivity index (χ2n) is 7.03. The van der Waals surface area contributed by atoms with Crippen LogP contribution in [0.25, 0.3) is 10.9 Å². The van der Waals surface area contributed by atoms with E-state index >= 15 is 0 Å². The van der Waals surface area contributed by atoms with Crippen LogP contribution in [-0.4, -0.2) is 41.3 Å². The number of aliphatic carboxylic acids is 1. The molecule has 2 amide bonds. The van der Waals surface area contributed by atoms with E-state index in [9.17, 15) is 14.7 Å². The Balaban J connectivity index is 1.50. The van der Waals surface area contributed by atoms with Crippen molar-refractivity contribution >= 4 is 22.9 Å². The first-order chi connectivity index (χ1) is 13.9. The fourth-order valence-corrected chi connectivity index (χ4v) is 3.28. The lowest BCUT2D eigenvalue weighted by Crippen LogP contribution is -2.47. The van der Waals surface area contributed by atoms with Gasteiger partial charge in [0, 0.05) is 23.5 Å². The minimum Gasteiger partial charge on any atom is -0.492 e. The second-order valence-corrected chi connectivity index (χ2v) is 7.03. The molecule has 152 valence electrons. The molecule has 0 radical (unpaired) electrons. The van der Waals surface area contributed by atoms with Crippen LogP contribution in [0.1, 0.15) is 16.7 Å². The largest absolute Gasteiger partial charge is 0.492 e. The van der Waals surface area contributed by atoms with Gasteiger partial charge in [-0.15, -0.1) is 0 Å². The van der Waals surface area contributed by atoms with Crippen LogP contribution in [0, 0.1) is 13.8 Å². The Morgan fingerprint density at radius 1 is 1.14 bits per heavy atom. The van der Waals surface area contributed by atoms with Gasteiger partial charge in [-0.25, -0.2) is 9.59 Å². The Morgan fingerprint density at radius 3 is 2.59 bits per heavy atom. The van der Waals surface area contributed by atoms with E-state index in [1.54, 1.807) is 6.20 Å². The van der Waals surface area contributed by atoms with E-state index in [1.165, 1.54) is 0 Å². The van der Waals surface area contributed by atoms with E-state index < -0.39 is 18.0 Å². The average molecular weight is 395 g/mol. The molecule has 0 aliphatic heterocycles. The summed E-state index contributed by atoms with van der Waals surface area (Å²) in [4.78, 5) is 26.8. The van der Waals surface area contributed by atoms with E-state index in [-0.39, 0.29) is 19.6 Å². The molecular formula is C22H25N3O4. The van der Waals surface area contributed by atoms with Crippen molar-refractivity contribution in [2.45, 2.75) is 26.3 Å². The van der Waals surface area contributed by atoms with Crippen molar-refractivity contribution in [2.75, 3.05) is 13.2 Å². The van der Waals surface area contributed by atoms with E-state index in [0.717, 1.165) is 33.3 Å². The number of carboxylic acids is 1. The summed E-state index contributed by atoms with van der Waals surface area (Å²) in [7, 11) is 0. The normalized spacial score (nSPS) is 11.8. The number of carbonyl (C=O) groups excluding carboxylic acids is 1. The molecule has 7 heteroatoms. The lowest BCUT2D eigenvalue weighted by Gasteiger charge is -2.15. The molecule has 3 rings (SSSR count). The van der Waals surface area contributed by atoms with Gasteiger partial charge in [-0.2, -0.15) is 0 Å². The Kier molecular flexibility index (Phi) is 6.39. The first-order valence-electron chi connectivity index (χ1n) is 9.45. The Labute approximate surface area is 169 Å². The number of carbonyl (C=O) groups is 2. The van der Waals surface area contributed by atoms with Gasteiger partial charge in [0.1, 0.15) is 18.4 Å². The van der Waals surface area contributed by atoms with Gasteiger partial charge in [0.15, 0.2) is 0 Å². The predicted octanol–water partition coefficient (Wildman–Crippen LogP) is 3.16. The second kappa shape index (κ2) is 9.14. The summed E-state index contributed by atoms with van der Waals surface area (Å²) in [6.07, 6.45) is 1.96. The molecule has 0 saturated heterocycles. The Hall–Kier alpha value is -3.48. The average Bonchev–Trinajstić information content (AvgIpc) is 3.07. The van der Waals surface area contributed by atoms with Crippen molar-refractivity contribution in [1.29, 1.82) is 0 Å². The monoisotopic (exact) mass is 395 g/mol. The van der Waals surface area contributed by atoms with E-state index in [2.05, 4.69) is 21.7 Å². The van der Waals surface area contributed by atoms with Crippen LogP contribution in [0.15, 0.2) is 48.7 Å². The number of rotatable bonds is 8. The van der Waals surface area contributed by atoms with Gasteiger partial charge < -0.3 is 25.5 Å². The van der Waals surface area contributed by atoms with Gasteiger partial charge in [0.05, 0.1) is 6.54 Å². The zero-order chi connectivity index (χ0) is 20.8. The van der Waals surface area contributed by atoms with E-state index in [0.29, 0.717) is 0 Å². The van der Waals surface area contributed by atoms with Crippen LogP contribution in [0.4, 0.5) is 4.79 Å². The predicted molar refractivity (Wildman–Crippen MR) is 111 cm³/mol. The molecule has 3 aromatic rings. The molecule has 0 unspecified atom stereocenters. The maximum Gasteiger partial charge on any atom is 0.326 e. The molecule has 0 saturated carbocycles. The van der Waals surface area contributed by atoms with Crippen LogP contribution in [0.3, 0.4) is 0 Å². The summed E-state index contributed by atoms with van der Waals surface area (Å²) in [6, 6.07) is 12.0. The molecule has 0 fully saturated rings. The van der Waals surface area contributed by atoms with Crippen molar-refractivity contribution in [3.63, 3.8) is 0 Å². The van der Waals surface area contributed by atoms with Gasteiger partial charge >= 0.3 is 12.0 Å². The lowest BCUT2D eigenvalue weighted by molar-refractivity contribution is -0.139. The number of urea groups is 1. The molecule has 29 heavy (non-hydrogen) atoms. The van der Waals surface area contributed by atoms with Crippen molar-refractivity contribution in [1.82, 2.24) is 15.6 Å². The number of benzene rings is 2. The fraction of sp³-hybridized carbons (Fsp3) is 0.273. The van der Waals surface area contributed by atoms with Gasteiger partial charge in [-0.05, 0) is 48.7 Å². The maximum absolute atomic E-state index is 12.1. The summed E-state index contributed by atoms with van der Waals surface area (Å²) in [6.45, 7) is 4.53. The minimum atomic E-state index is -1.09. The smallest absolute Gasteiger partial charge is 0.326 e. The zero-order valence-electron chi connectivity index (χ0n) is 16.5. The number of hydrogen-bond donors (Lipinski definition) is 4. The molecular weight excluding hydrogens is 370 g/mol. The van der Waals surface area contributed by atoms with Crippen LogP contribution in [0.2, 0.25) is 0 Å². The molecule has 0 aliphatic carbocycles. The Morgan fingerprint density at radius 2 is 1.86 bits per heavy atom. The van der Waals surface area contributed by atoms with Crippen LogP contribution >= 0.6 is 0 Å². The molecule has 0 bridgehead atoms. The third-order valence-electron chi connectivity index (χ3n) is 4.55. The van der Waals surface area contributed by atoms with E-state index in [1.807, 2.05) is 50.2 Å². The quantitative estimate of drug-likeness (QED) is 0.440. The highest BCUT2D eigenvalue weighted by atomic mass is 16.5. The molecule has 1 heterocycles. The summed E-state index contributed by atoms with van der Waals surface area (Å²) in [5.74, 6) is -0.343. The summed E-state index contributed by atoms with van der Waals surface area (Å²) < 4.78 is 5.64. The number of ether oxygens (including phenoxy) is 1. The number of amides is 2. The fourth-order valence-electron chi connectivity index (χ4n) is 3.28. The highest BCUT2D eigenvalue weighted by Crippen LogP contribution is 2.19. The third kappa shape index (κ3) is 5.51. The first-order valence-corrected chi connectivity index (χ1v) is 9.45. The number of aromatic amines is 1. The van der Waals surface area contributed by atoms with Gasteiger partial charge in [-0.1, -0.05) is 24.3 Å². The standard InChI is InChI=1S/C22H25N3O4/c1-14-9-15(2)11-17(10-14)29-8-7-23-22(28)25-20(21(26)27)12-16-13-24-19-6-4-3-5-18(16)19/h3-6,9-11,13,20,24H,7-8,12H2,1-2H3,(H,26,27)(H2,23,25,28)/t20-/m1/s1. The number of nitrogens with one attached hydrogen (secondary N) is 3. The molecule has 1 atom stereocenters. The molecule has 4 N–H and O–H groups in total. The molecule has 0 spiro atoms. The van der Waals surface area contributed by atoms with Gasteiger partial charge in [0.25, 0.3) is 0 Å². The molecule has 0 aliphatic rings. The van der Waals surface area contributed by atoms with Gasteiger partial charge in [0.2, 0.25) is 0 Å². The number of hydrogen-bond acceptors (Lipinski definition) is 3. The molecule has 1 aromatic heterocycles. The maximum atomic E-state index is 12.1. The lowest BCUT2D eigenvalue weighted by atomic mass is 10.1. The number of H-pyrrole nitrogens is 1. The van der Waals surface area contributed by atoms with Crippen LogP contribution in [-0.2, 0) is 11.2 Å². The van der Waals surface area contributed by atoms with E-state index in [4.69, 9.17) is 4.74 Å². The summed E-state index contributed by atoms with van der Waals surface area (Å²) in [5, 5.41) is 15.6. The van der Waals surface area contributed by atoms with Crippen molar-refractivity contribution in [3.8, 4) is 5.75 Å². The van der Waals surface area contributed by atoms with Crippen LogP contribution in [0.5, 0.6) is 5.75 Å². The zero-order valence-corrected chi connectivity index (χ0v) is 16.5. The molecule has 2 aromatic carbocycles. The topological polar surface area (TPSA) is 103 Å². The summed E-state index contributed by atoms with van der Waals surface area (Å²) >= 11 is 0. The van der Waals surface area contributed by atoms with Crippen molar-refractivity contribution < 1.29 is 19.4 Å². The first kappa shape index (κ1) is 20.3. The number of aromatic nitrogens is 1. The van der Waals surface area contributed by atoms with Gasteiger partial charge in [-0.3, -0.25) is 0 Å². The number of carboxylic acid groups (broad SMARTS) is 1. The highest BCUT2D eigenvalue weighted by Gasteiger charge is 2.21. The number of para-hydroxylation sites is 1. The van der Waals surface area contributed by atoms with Crippen LogP contribution < -0.4 is 15.4 Å². The van der Waals surface area contributed by atoms with Crippen molar-refractivity contribution in [3.05, 3.63) is 65.4 Å². The Bertz CT molecular complexity index is 992. The minimum absolute atomic E-state index is 0.186. The highest BCUT2D eigenvalue weighted by molar-refractivity contribution is 5.86. The molecule has 7 nitrogen and oxygen atoms in total. The summed E-state index contributed by atoms with van der Waals surface area (Å²) in [5.41, 5.74) is 3.98.